The normalized spacial score (nSPS) is 11.7. The van der Waals surface area contributed by atoms with Gasteiger partial charge in [-0.3, -0.25) is 9.20 Å². The van der Waals surface area contributed by atoms with Gasteiger partial charge in [-0.05, 0) is 49.2 Å². The highest BCUT2D eigenvalue weighted by molar-refractivity contribution is 6.51. The van der Waals surface area contributed by atoms with Crippen molar-refractivity contribution < 1.29 is 4.74 Å². The van der Waals surface area contributed by atoms with Gasteiger partial charge in [0.25, 0.3) is 5.56 Å². The Balaban J connectivity index is 1.85. The Labute approximate surface area is 157 Å². The number of pyridine rings is 1. The molecule has 0 spiro atoms. The monoisotopic (exact) mass is 368 g/mol. The van der Waals surface area contributed by atoms with Crippen LogP contribution in [0.4, 0.5) is 0 Å². The summed E-state index contributed by atoms with van der Waals surface area (Å²) < 4.78 is 7.22. The van der Waals surface area contributed by atoms with Crippen LogP contribution in [0, 0.1) is 6.92 Å². The van der Waals surface area contributed by atoms with E-state index in [4.69, 9.17) is 16.3 Å². The lowest BCUT2D eigenvalue weighted by Crippen LogP contribution is -2.16. The average molecular weight is 369 g/mol. The van der Waals surface area contributed by atoms with E-state index < -0.39 is 0 Å². The second-order valence-electron chi connectivity index (χ2n) is 6.10. The number of aryl methyl sites for hydroxylation is 1. The molecule has 0 aliphatic rings. The maximum absolute atomic E-state index is 12.4. The van der Waals surface area contributed by atoms with Gasteiger partial charge in [0.1, 0.15) is 11.4 Å². The molecular formula is C21H21ClN2O2. The third-order valence-corrected chi connectivity index (χ3v) is 4.37. The number of fused-ring (bicyclic) bond motifs is 1. The van der Waals surface area contributed by atoms with E-state index in [1.165, 1.54) is 6.07 Å². The number of ether oxygens (including phenoxy) is 1. The predicted octanol–water partition coefficient (Wildman–Crippen LogP) is 4.92. The first kappa shape index (κ1) is 18.2. The predicted molar refractivity (Wildman–Crippen MR) is 107 cm³/mol. The molecule has 0 saturated carbocycles. The number of hydrogen-bond donors (Lipinski definition) is 0. The summed E-state index contributed by atoms with van der Waals surface area (Å²) in [4.78, 5) is 16.9. The SMILES string of the molecule is CCCCOc1ccc(/C=C(\Cl)c2cc(=O)n3c(C)cccc3n2)cc1. The molecule has 2 aromatic heterocycles. The van der Waals surface area contributed by atoms with Crippen molar-refractivity contribution in [1.29, 1.82) is 0 Å². The first-order chi connectivity index (χ1) is 12.6. The molecule has 5 heteroatoms. The molecule has 3 aromatic rings. The first-order valence-corrected chi connectivity index (χ1v) is 9.06. The maximum atomic E-state index is 12.4. The highest BCUT2D eigenvalue weighted by atomic mass is 35.5. The van der Waals surface area contributed by atoms with E-state index in [-0.39, 0.29) is 5.56 Å². The molecule has 4 nitrogen and oxygen atoms in total. The van der Waals surface area contributed by atoms with Crippen LogP contribution in [0.15, 0.2) is 53.3 Å². The summed E-state index contributed by atoms with van der Waals surface area (Å²) in [6, 6.07) is 14.7. The van der Waals surface area contributed by atoms with Crippen molar-refractivity contribution in [3.8, 4) is 5.75 Å². The summed E-state index contributed by atoms with van der Waals surface area (Å²) in [5, 5.41) is 0.422. The molecule has 0 amide bonds. The lowest BCUT2D eigenvalue weighted by Gasteiger charge is -2.07. The Bertz CT molecular complexity index is 991. The fraction of sp³-hybridized carbons (Fsp3) is 0.238. The van der Waals surface area contributed by atoms with Crippen molar-refractivity contribution in [2.75, 3.05) is 6.61 Å². The smallest absolute Gasteiger partial charge is 0.258 e. The van der Waals surface area contributed by atoms with Crippen molar-refractivity contribution >= 4 is 28.4 Å². The van der Waals surface area contributed by atoms with Gasteiger partial charge >= 0.3 is 0 Å². The Morgan fingerprint density at radius 2 is 2.00 bits per heavy atom. The second kappa shape index (κ2) is 8.19. The van der Waals surface area contributed by atoms with E-state index in [2.05, 4.69) is 11.9 Å². The number of hydrogen-bond acceptors (Lipinski definition) is 3. The minimum atomic E-state index is -0.144. The van der Waals surface area contributed by atoms with Gasteiger partial charge in [0.2, 0.25) is 0 Å². The lowest BCUT2D eigenvalue weighted by atomic mass is 10.2. The lowest BCUT2D eigenvalue weighted by molar-refractivity contribution is 0.309. The number of benzene rings is 1. The molecule has 0 aliphatic carbocycles. The molecule has 0 fully saturated rings. The van der Waals surface area contributed by atoms with Crippen LogP contribution in [0.3, 0.4) is 0 Å². The summed E-state index contributed by atoms with van der Waals surface area (Å²) in [6.45, 7) is 4.72. The molecule has 0 radical (unpaired) electrons. The molecule has 0 unspecified atom stereocenters. The van der Waals surface area contributed by atoms with Crippen LogP contribution >= 0.6 is 11.6 Å². The average Bonchev–Trinajstić information content (AvgIpc) is 2.63. The van der Waals surface area contributed by atoms with Crippen LogP contribution in [0.1, 0.15) is 36.7 Å². The van der Waals surface area contributed by atoms with Gasteiger partial charge < -0.3 is 4.74 Å². The molecule has 3 rings (SSSR count). The summed E-state index contributed by atoms with van der Waals surface area (Å²) in [5.41, 5.74) is 2.66. The summed E-state index contributed by atoms with van der Waals surface area (Å²) in [5.74, 6) is 0.837. The van der Waals surface area contributed by atoms with Gasteiger partial charge in [-0.2, -0.15) is 0 Å². The van der Waals surface area contributed by atoms with E-state index in [9.17, 15) is 4.79 Å². The quantitative estimate of drug-likeness (QED) is 0.580. The molecular weight excluding hydrogens is 348 g/mol. The summed E-state index contributed by atoms with van der Waals surface area (Å²) in [7, 11) is 0. The Hall–Kier alpha value is -2.59. The van der Waals surface area contributed by atoms with Crippen molar-refractivity contribution in [1.82, 2.24) is 9.38 Å². The fourth-order valence-electron chi connectivity index (χ4n) is 2.65. The third-order valence-electron chi connectivity index (χ3n) is 4.06. The van der Waals surface area contributed by atoms with Crippen molar-refractivity contribution in [3.05, 3.63) is 75.8 Å². The topological polar surface area (TPSA) is 43.6 Å². The number of aromatic nitrogens is 2. The van der Waals surface area contributed by atoms with Gasteiger partial charge in [0.05, 0.1) is 17.3 Å². The van der Waals surface area contributed by atoms with Crippen LogP contribution in [-0.4, -0.2) is 16.0 Å². The molecule has 1 aromatic carbocycles. The van der Waals surface area contributed by atoms with Crippen LogP contribution in [0.25, 0.3) is 16.8 Å². The number of halogens is 1. The van der Waals surface area contributed by atoms with Gasteiger partial charge in [0, 0.05) is 11.8 Å². The zero-order chi connectivity index (χ0) is 18.5. The molecule has 26 heavy (non-hydrogen) atoms. The number of unbranched alkanes of at least 4 members (excludes halogenated alkanes) is 1. The highest BCUT2D eigenvalue weighted by Crippen LogP contribution is 2.22. The maximum Gasteiger partial charge on any atom is 0.258 e. The van der Waals surface area contributed by atoms with E-state index in [0.717, 1.165) is 36.5 Å². The van der Waals surface area contributed by atoms with Gasteiger partial charge in [-0.25, -0.2) is 4.98 Å². The van der Waals surface area contributed by atoms with E-state index in [0.29, 0.717) is 16.4 Å². The van der Waals surface area contributed by atoms with Gasteiger partial charge in [-0.15, -0.1) is 0 Å². The number of nitrogens with zero attached hydrogens (tertiary/aromatic N) is 2. The van der Waals surface area contributed by atoms with Gasteiger partial charge in [0.15, 0.2) is 0 Å². The standard InChI is InChI=1S/C21H21ClN2O2/c1-3-4-12-26-17-10-8-16(9-11-17)13-18(22)19-14-21(25)24-15(2)6-5-7-20(24)23-19/h5-11,13-14H,3-4,12H2,1-2H3/b18-13-. The zero-order valence-electron chi connectivity index (χ0n) is 14.9. The van der Waals surface area contributed by atoms with Gasteiger partial charge in [-0.1, -0.05) is 43.1 Å². The van der Waals surface area contributed by atoms with Crippen molar-refractivity contribution in [2.24, 2.45) is 0 Å². The molecule has 0 saturated heterocycles. The van der Waals surface area contributed by atoms with E-state index in [1.54, 1.807) is 16.5 Å². The van der Waals surface area contributed by atoms with Crippen LogP contribution in [0.5, 0.6) is 5.75 Å². The highest BCUT2D eigenvalue weighted by Gasteiger charge is 2.07. The molecule has 0 N–H and O–H groups in total. The minimum absolute atomic E-state index is 0.144. The van der Waals surface area contributed by atoms with Crippen LogP contribution in [-0.2, 0) is 0 Å². The molecule has 0 atom stereocenters. The molecule has 0 aliphatic heterocycles. The Morgan fingerprint density at radius 1 is 1.23 bits per heavy atom. The van der Waals surface area contributed by atoms with E-state index >= 15 is 0 Å². The van der Waals surface area contributed by atoms with Crippen molar-refractivity contribution in [3.63, 3.8) is 0 Å². The Kier molecular flexibility index (Phi) is 5.74. The first-order valence-electron chi connectivity index (χ1n) is 8.68. The summed E-state index contributed by atoms with van der Waals surface area (Å²) in [6.07, 6.45) is 3.94. The fourth-order valence-corrected chi connectivity index (χ4v) is 2.87. The molecule has 0 bridgehead atoms. The third kappa shape index (κ3) is 4.14. The largest absolute Gasteiger partial charge is 0.494 e. The number of rotatable bonds is 6. The minimum Gasteiger partial charge on any atom is -0.494 e. The van der Waals surface area contributed by atoms with E-state index in [1.807, 2.05) is 43.3 Å². The summed E-state index contributed by atoms with van der Waals surface area (Å²) >= 11 is 6.41. The zero-order valence-corrected chi connectivity index (χ0v) is 15.7. The van der Waals surface area contributed by atoms with Crippen molar-refractivity contribution in [2.45, 2.75) is 26.7 Å². The molecule has 2 heterocycles. The Morgan fingerprint density at radius 3 is 2.73 bits per heavy atom. The molecule has 134 valence electrons. The second-order valence-corrected chi connectivity index (χ2v) is 6.51. The van der Waals surface area contributed by atoms with Crippen LogP contribution in [0.2, 0.25) is 0 Å². The van der Waals surface area contributed by atoms with Crippen LogP contribution < -0.4 is 10.3 Å².